The van der Waals surface area contributed by atoms with Gasteiger partial charge in [0.1, 0.15) is 0 Å². The normalized spacial score (nSPS) is 13.4. The van der Waals surface area contributed by atoms with Gasteiger partial charge in [-0.05, 0) is 24.6 Å². The second kappa shape index (κ2) is 6.04. The predicted molar refractivity (Wildman–Crippen MR) is 69.8 cm³/mol. The second-order valence-electron chi connectivity index (χ2n) is 4.95. The maximum absolute atomic E-state index is 13.2. The van der Waals surface area contributed by atoms with E-state index in [-0.39, 0.29) is 12.1 Å². The first kappa shape index (κ1) is 16.4. The van der Waals surface area contributed by atoms with Crippen molar-refractivity contribution < 1.29 is 22.0 Å². The molecule has 3 nitrogen and oxygen atoms in total. The second-order valence-corrected chi connectivity index (χ2v) is 4.95. The maximum atomic E-state index is 13.2. The molecule has 1 aromatic carbocycles. The lowest BCUT2D eigenvalue weighted by Gasteiger charge is -2.15. The number of benzene rings is 1. The molecule has 0 aliphatic heterocycles. The molecule has 1 heterocycles. The van der Waals surface area contributed by atoms with E-state index in [1.807, 2.05) is 0 Å². The van der Waals surface area contributed by atoms with Crippen molar-refractivity contribution in [2.24, 2.45) is 7.05 Å². The third kappa shape index (κ3) is 3.62. The van der Waals surface area contributed by atoms with Crippen LogP contribution in [0.1, 0.15) is 29.8 Å². The van der Waals surface area contributed by atoms with Gasteiger partial charge in [-0.2, -0.15) is 18.3 Å². The molecule has 1 aromatic heterocycles. The van der Waals surface area contributed by atoms with E-state index < -0.39 is 29.5 Å². The highest BCUT2D eigenvalue weighted by molar-refractivity contribution is 5.23. The third-order valence-corrected chi connectivity index (χ3v) is 3.22. The molecular formula is C14H14F5N3. The van der Waals surface area contributed by atoms with Crippen LogP contribution in [-0.4, -0.2) is 9.78 Å². The molecule has 8 heteroatoms. The SMILES string of the molecule is C[C@@H](NCc1cn(C)nc1C(F)(F)F)c1ccc(F)c(F)c1. The fourth-order valence-electron chi connectivity index (χ4n) is 2.07. The van der Waals surface area contributed by atoms with Crippen molar-refractivity contribution in [3.63, 3.8) is 0 Å². The molecule has 0 unspecified atom stereocenters. The van der Waals surface area contributed by atoms with Gasteiger partial charge in [0.25, 0.3) is 0 Å². The van der Waals surface area contributed by atoms with Gasteiger partial charge in [0.05, 0.1) is 0 Å². The Hall–Kier alpha value is -1.96. The van der Waals surface area contributed by atoms with Crippen LogP contribution in [0.4, 0.5) is 22.0 Å². The number of nitrogens with one attached hydrogen (secondary N) is 1. The van der Waals surface area contributed by atoms with Gasteiger partial charge in [-0.1, -0.05) is 6.07 Å². The van der Waals surface area contributed by atoms with Gasteiger partial charge in [-0.15, -0.1) is 0 Å². The van der Waals surface area contributed by atoms with Crippen LogP contribution in [0.3, 0.4) is 0 Å². The van der Waals surface area contributed by atoms with E-state index in [0.29, 0.717) is 5.56 Å². The number of rotatable bonds is 4. The lowest BCUT2D eigenvalue weighted by atomic mass is 10.1. The van der Waals surface area contributed by atoms with E-state index >= 15 is 0 Å². The van der Waals surface area contributed by atoms with Crippen LogP contribution >= 0.6 is 0 Å². The first-order chi connectivity index (χ1) is 10.2. The fraction of sp³-hybridized carbons (Fsp3) is 0.357. The van der Waals surface area contributed by atoms with Crippen molar-refractivity contribution in [2.75, 3.05) is 0 Å². The summed E-state index contributed by atoms with van der Waals surface area (Å²) >= 11 is 0. The molecule has 1 atom stereocenters. The highest BCUT2D eigenvalue weighted by Crippen LogP contribution is 2.30. The van der Waals surface area contributed by atoms with Crippen LogP contribution in [0.5, 0.6) is 0 Å². The molecule has 0 amide bonds. The van der Waals surface area contributed by atoms with Crippen molar-refractivity contribution in [3.8, 4) is 0 Å². The molecule has 22 heavy (non-hydrogen) atoms. The van der Waals surface area contributed by atoms with E-state index in [4.69, 9.17) is 0 Å². The zero-order valence-electron chi connectivity index (χ0n) is 11.9. The molecule has 0 aliphatic carbocycles. The summed E-state index contributed by atoms with van der Waals surface area (Å²) in [5.41, 5.74) is -0.527. The Labute approximate surface area is 123 Å². The maximum Gasteiger partial charge on any atom is 0.435 e. The highest BCUT2D eigenvalue weighted by atomic mass is 19.4. The minimum absolute atomic E-state index is 0.00978. The Balaban J connectivity index is 2.11. The molecule has 0 fully saturated rings. The summed E-state index contributed by atoms with van der Waals surface area (Å²) in [4.78, 5) is 0. The first-order valence-electron chi connectivity index (χ1n) is 6.46. The van der Waals surface area contributed by atoms with Crippen LogP contribution in [0, 0.1) is 11.6 Å². The molecule has 120 valence electrons. The minimum Gasteiger partial charge on any atom is -0.306 e. The van der Waals surface area contributed by atoms with Crippen LogP contribution in [0.25, 0.3) is 0 Å². The number of halogens is 5. The van der Waals surface area contributed by atoms with Gasteiger partial charge in [0, 0.05) is 31.4 Å². The van der Waals surface area contributed by atoms with Gasteiger partial charge < -0.3 is 5.32 Å². The third-order valence-electron chi connectivity index (χ3n) is 3.22. The summed E-state index contributed by atoms with van der Waals surface area (Å²) in [6.07, 6.45) is -3.27. The summed E-state index contributed by atoms with van der Waals surface area (Å²) in [7, 11) is 1.40. The zero-order chi connectivity index (χ0) is 16.5. The molecule has 0 spiro atoms. The molecular weight excluding hydrogens is 305 g/mol. The van der Waals surface area contributed by atoms with Crippen molar-refractivity contribution in [1.29, 1.82) is 0 Å². The molecule has 0 radical (unpaired) electrons. The topological polar surface area (TPSA) is 29.9 Å². The Morgan fingerprint density at radius 2 is 1.91 bits per heavy atom. The van der Waals surface area contributed by atoms with Crippen molar-refractivity contribution in [1.82, 2.24) is 15.1 Å². The van der Waals surface area contributed by atoms with Gasteiger partial charge in [0.15, 0.2) is 17.3 Å². The average molecular weight is 319 g/mol. The summed E-state index contributed by atoms with van der Waals surface area (Å²) < 4.78 is 65.6. The van der Waals surface area contributed by atoms with Crippen LogP contribution in [0.15, 0.2) is 24.4 Å². The average Bonchev–Trinajstić information content (AvgIpc) is 2.80. The van der Waals surface area contributed by atoms with E-state index in [0.717, 1.165) is 16.8 Å². The van der Waals surface area contributed by atoms with Crippen LogP contribution in [-0.2, 0) is 19.8 Å². The molecule has 0 saturated heterocycles. The fourth-order valence-corrected chi connectivity index (χ4v) is 2.07. The first-order valence-corrected chi connectivity index (χ1v) is 6.46. The monoisotopic (exact) mass is 319 g/mol. The quantitative estimate of drug-likeness (QED) is 0.873. The summed E-state index contributed by atoms with van der Waals surface area (Å²) in [5.74, 6) is -1.97. The number of aryl methyl sites for hydroxylation is 1. The summed E-state index contributed by atoms with van der Waals surface area (Å²) in [6, 6.07) is 2.93. The van der Waals surface area contributed by atoms with Crippen LogP contribution < -0.4 is 5.32 Å². The van der Waals surface area contributed by atoms with Gasteiger partial charge in [-0.25, -0.2) is 8.78 Å². The lowest BCUT2D eigenvalue weighted by molar-refractivity contribution is -0.142. The molecule has 1 N–H and O–H groups in total. The number of aromatic nitrogens is 2. The largest absolute Gasteiger partial charge is 0.435 e. The number of nitrogens with zero attached hydrogens (tertiary/aromatic N) is 2. The molecule has 2 aromatic rings. The molecule has 0 aliphatic rings. The number of hydrogen-bond acceptors (Lipinski definition) is 2. The zero-order valence-corrected chi connectivity index (χ0v) is 11.9. The number of hydrogen-bond donors (Lipinski definition) is 1. The van der Waals surface area contributed by atoms with Gasteiger partial charge >= 0.3 is 6.18 Å². The predicted octanol–water partition coefficient (Wildman–Crippen LogP) is 3.57. The Morgan fingerprint density at radius 3 is 2.50 bits per heavy atom. The molecule has 2 rings (SSSR count). The van der Waals surface area contributed by atoms with Gasteiger partial charge in [-0.3, -0.25) is 4.68 Å². The standard InChI is InChI=1S/C14H14F5N3/c1-8(9-3-4-11(15)12(16)5-9)20-6-10-7-22(2)21-13(10)14(17,18)19/h3-5,7-8,20H,6H2,1-2H3/t8-/m1/s1. The van der Waals surface area contributed by atoms with Gasteiger partial charge in [0.2, 0.25) is 0 Å². The van der Waals surface area contributed by atoms with Crippen molar-refractivity contribution in [2.45, 2.75) is 25.7 Å². The Kier molecular flexibility index (Phi) is 4.50. The minimum atomic E-state index is -4.54. The lowest BCUT2D eigenvalue weighted by Crippen LogP contribution is -2.20. The Bertz CT molecular complexity index is 663. The molecule has 0 saturated carbocycles. The Morgan fingerprint density at radius 1 is 1.23 bits per heavy atom. The van der Waals surface area contributed by atoms with Crippen molar-refractivity contribution >= 4 is 0 Å². The van der Waals surface area contributed by atoms with E-state index in [9.17, 15) is 22.0 Å². The van der Waals surface area contributed by atoms with Crippen molar-refractivity contribution in [3.05, 3.63) is 52.9 Å². The highest BCUT2D eigenvalue weighted by Gasteiger charge is 2.36. The number of alkyl halides is 3. The van der Waals surface area contributed by atoms with E-state index in [1.165, 1.54) is 19.3 Å². The van der Waals surface area contributed by atoms with E-state index in [1.54, 1.807) is 6.92 Å². The smallest absolute Gasteiger partial charge is 0.306 e. The molecule has 0 bridgehead atoms. The van der Waals surface area contributed by atoms with Crippen LogP contribution in [0.2, 0.25) is 0 Å². The summed E-state index contributed by atoms with van der Waals surface area (Å²) in [5, 5.41) is 6.25. The van der Waals surface area contributed by atoms with E-state index in [2.05, 4.69) is 10.4 Å². The summed E-state index contributed by atoms with van der Waals surface area (Å²) in [6.45, 7) is 1.55.